The normalized spacial score (nSPS) is 11.5. The average molecular weight is 396 g/mol. The molecule has 5 aromatic rings. The summed E-state index contributed by atoms with van der Waals surface area (Å²) in [7, 11) is 2.05. The summed E-state index contributed by atoms with van der Waals surface area (Å²) in [6, 6.07) is 19.4. The molecule has 0 N–H and O–H groups in total. The predicted molar refractivity (Wildman–Crippen MR) is 120 cm³/mol. The first-order valence-corrected chi connectivity index (χ1v) is 10.1. The number of halogens is 1. The Morgan fingerprint density at radius 2 is 1.40 bits per heavy atom. The summed E-state index contributed by atoms with van der Waals surface area (Å²) in [5.74, 6) is -0.275. The maximum absolute atomic E-state index is 14.9. The van der Waals surface area contributed by atoms with Crippen molar-refractivity contribution in [3.8, 4) is 22.4 Å². The third-order valence-corrected chi connectivity index (χ3v) is 6.03. The summed E-state index contributed by atoms with van der Waals surface area (Å²) < 4.78 is 23.5. The van der Waals surface area contributed by atoms with E-state index in [0.29, 0.717) is 11.1 Å². The van der Waals surface area contributed by atoms with Crippen molar-refractivity contribution in [2.45, 2.75) is 20.8 Å². The van der Waals surface area contributed by atoms with E-state index in [2.05, 4.69) is 56.8 Å². The molecule has 3 aromatic carbocycles. The summed E-state index contributed by atoms with van der Waals surface area (Å²) in [6.07, 6.45) is 2.14. The number of pyridine rings is 1. The number of benzene rings is 3. The largest absolute Gasteiger partial charge is 0.454 e. The van der Waals surface area contributed by atoms with Crippen LogP contribution in [0, 0.1) is 26.6 Å². The number of aryl methyl sites for hydroxylation is 4. The third-order valence-electron chi connectivity index (χ3n) is 6.03. The Kier molecular flexibility index (Phi) is 4.21. The topological polar surface area (TPSA) is 17.0 Å². The molecule has 0 saturated heterocycles. The van der Waals surface area contributed by atoms with Gasteiger partial charge < -0.3 is 4.42 Å². The molecule has 2 aromatic heterocycles. The fourth-order valence-electron chi connectivity index (χ4n) is 4.30. The zero-order chi connectivity index (χ0) is 21.0. The number of hydrogen-bond donors (Lipinski definition) is 0. The second-order valence-corrected chi connectivity index (χ2v) is 8.04. The van der Waals surface area contributed by atoms with Gasteiger partial charge in [0.05, 0.1) is 11.1 Å². The zero-order valence-corrected chi connectivity index (χ0v) is 17.6. The van der Waals surface area contributed by atoms with Gasteiger partial charge in [-0.1, -0.05) is 42.5 Å². The van der Waals surface area contributed by atoms with Crippen LogP contribution in [0.25, 0.3) is 44.3 Å². The highest BCUT2D eigenvalue weighted by molar-refractivity contribution is 6.13. The van der Waals surface area contributed by atoms with Crippen LogP contribution in [0.2, 0.25) is 0 Å². The van der Waals surface area contributed by atoms with Crippen molar-refractivity contribution in [1.29, 1.82) is 0 Å². The first-order chi connectivity index (χ1) is 14.5. The fraction of sp³-hybridized carbons (Fsp3) is 0.148. The van der Waals surface area contributed by atoms with E-state index < -0.39 is 0 Å². The van der Waals surface area contributed by atoms with Gasteiger partial charge in [0.15, 0.2) is 6.20 Å². The molecule has 0 bridgehead atoms. The molecule has 0 unspecified atom stereocenters. The molecule has 0 saturated carbocycles. The lowest BCUT2D eigenvalue weighted by atomic mass is 9.98. The molecule has 3 heteroatoms. The number of aromatic nitrogens is 1. The Bertz CT molecular complexity index is 1430. The predicted octanol–water partition coefficient (Wildman–Crippen LogP) is 6.81. The molecule has 0 aliphatic heterocycles. The maximum atomic E-state index is 14.9. The Labute approximate surface area is 175 Å². The summed E-state index contributed by atoms with van der Waals surface area (Å²) in [4.78, 5) is 0. The van der Waals surface area contributed by atoms with E-state index in [-0.39, 0.29) is 5.82 Å². The van der Waals surface area contributed by atoms with Crippen LogP contribution in [0.4, 0.5) is 4.39 Å². The minimum atomic E-state index is -0.275. The lowest BCUT2D eigenvalue weighted by Gasteiger charge is -2.07. The van der Waals surface area contributed by atoms with Crippen LogP contribution in [0.1, 0.15) is 16.7 Å². The van der Waals surface area contributed by atoms with Crippen LogP contribution in [0.15, 0.2) is 71.3 Å². The maximum Gasteiger partial charge on any atom is 0.216 e. The molecule has 0 aliphatic rings. The first-order valence-electron chi connectivity index (χ1n) is 10.1. The number of furan rings is 1. The summed E-state index contributed by atoms with van der Waals surface area (Å²) >= 11 is 0. The standard InChI is InChI=1S/C27H23FNO/c1-16-10-11-20-21-12-13-22(28)25(19-8-6-5-7-9-19)27(21)30-26(20)24(16)23-14-17(2)18(3)15-29(23)4/h5-15H,1-4H3/q+1. The highest BCUT2D eigenvalue weighted by Gasteiger charge is 2.23. The van der Waals surface area contributed by atoms with Crippen LogP contribution >= 0.6 is 0 Å². The first kappa shape index (κ1) is 18.6. The molecule has 148 valence electrons. The molecule has 0 radical (unpaired) electrons. The second-order valence-electron chi connectivity index (χ2n) is 8.04. The average Bonchev–Trinajstić information content (AvgIpc) is 3.10. The molecule has 0 fully saturated rings. The molecule has 0 aliphatic carbocycles. The van der Waals surface area contributed by atoms with Crippen LogP contribution in [-0.2, 0) is 7.05 Å². The lowest BCUT2D eigenvalue weighted by molar-refractivity contribution is -0.660. The van der Waals surface area contributed by atoms with Gasteiger partial charge in [-0.2, -0.15) is 0 Å². The number of rotatable bonds is 2. The lowest BCUT2D eigenvalue weighted by Crippen LogP contribution is -2.31. The van der Waals surface area contributed by atoms with Crippen LogP contribution < -0.4 is 4.57 Å². The van der Waals surface area contributed by atoms with Gasteiger partial charge in [0.2, 0.25) is 5.69 Å². The van der Waals surface area contributed by atoms with Gasteiger partial charge >= 0.3 is 0 Å². The SMILES string of the molecule is Cc1cc(-c2c(C)ccc3c2oc2c(-c4ccccc4)c(F)ccc23)[n+](C)cc1C. The molecule has 5 rings (SSSR count). The molecule has 0 amide bonds. The third kappa shape index (κ3) is 2.73. The van der Waals surface area contributed by atoms with Gasteiger partial charge in [0.25, 0.3) is 0 Å². The summed E-state index contributed by atoms with van der Waals surface area (Å²) in [6.45, 7) is 6.33. The molecule has 2 heterocycles. The molecule has 0 spiro atoms. The van der Waals surface area contributed by atoms with Gasteiger partial charge in [-0.3, -0.25) is 0 Å². The highest BCUT2D eigenvalue weighted by atomic mass is 19.1. The Morgan fingerprint density at radius 1 is 0.733 bits per heavy atom. The van der Waals surface area contributed by atoms with Crippen molar-refractivity contribution in [1.82, 2.24) is 0 Å². The van der Waals surface area contributed by atoms with E-state index >= 15 is 0 Å². The van der Waals surface area contributed by atoms with E-state index in [1.165, 1.54) is 17.2 Å². The van der Waals surface area contributed by atoms with Crippen molar-refractivity contribution in [2.24, 2.45) is 7.05 Å². The highest BCUT2D eigenvalue weighted by Crippen LogP contribution is 2.41. The van der Waals surface area contributed by atoms with E-state index in [1.807, 2.05) is 36.4 Å². The number of nitrogens with zero attached hydrogens (tertiary/aromatic N) is 1. The molecular weight excluding hydrogens is 373 g/mol. The molecule has 30 heavy (non-hydrogen) atoms. The zero-order valence-electron chi connectivity index (χ0n) is 17.6. The van der Waals surface area contributed by atoms with Crippen LogP contribution in [0.3, 0.4) is 0 Å². The van der Waals surface area contributed by atoms with Gasteiger partial charge in [0.1, 0.15) is 24.0 Å². The van der Waals surface area contributed by atoms with Crippen LogP contribution in [-0.4, -0.2) is 0 Å². The van der Waals surface area contributed by atoms with Crippen molar-refractivity contribution < 1.29 is 13.4 Å². The van der Waals surface area contributed by atoms with Gasteiger partial charge in [0, 0.05) is 22.4 Å². The van der Waals surface area contributed by atoms with E-state index in [4.69, 9.17) is 4.42 Å². The van der Waals surface area contributed by atoms with Crippen molar-refractivity contribution in [3.05, 3.63) is 89.4 Å². The molecule has 0 atom stereocenters. The van der Waals surface area contributed by atoms with Crippen molar-refractivity contribution in [3.63, 3.8) is 0 Å². The second kappa shape index (κ2) is 6.81. The Balaban J connectivity index is 1.90. The quantitative estimate of drug-likeness (QED) is 0.300. The van der Waals surface area contributed by atoms with Gasteiger partial charge in [-0.05, 0) is 49.6 Å². The van der Waals surface area contributed by atoms with Gasteiger partial charge in [-0.15, -0.1) is 0 Å². The van der Waals surface area contributed by atoms with Gasteiger partial charge in [-0.25, -0.2) is 8.96 Å². The van der Waals surface area contributed by atoms with E-state index in [0.717, 1.165) is 38.7 Å². The number of fused-ring (bicyclic) bond motifs is 3. The monoisotopic (exact) mass is 396 g/mol. The Morgan fingerprint density at radius 3 is 2.13 bits per heavy atom. The van der Waals surface area contributed by atoms with Crippen molar-refractivity contribution in [2.75, 3.05) is 0 Å². The molecular formula is C27H23FNO+. The van der Waals surface area contributed by atoms with E-state index in [1.54, 1.807) is 0 Å². The molecule has 2 nitrogen and oxygen atoms in total. The Hall–Kier alpha value is -3.46. The number of hydrogen-bond acceptors (Lipinski definition) is 1. The smallest absolute Gasteiger partial charge is 0.216 e. The summed E-state index contributed by atoms with van der Waals surface area (Å²) in [5, 5.41) is 1.93. The van der Waals surface area contributed by atoms with Crippen molar-refractivity contribution >= 4 is 21.9 Å². The van der Waals surface area contributed by atoms with E-state index in [9.17, 15) is 4.39 Å². The minimum absolute atomic E-state index is 0.275. The minimum Gasteiger partial charge on any atom is -0.454 e. The fourth-order valence-corrected chi connectivity index (χ4v) is 4.30. The summed E-state index contributed by atoms with van der Waals surface area (Å²) in [5.41, 5.74) is 8.45. The van der Waals surface area contributed by atoms with Crippen LogP contribution in [0.5, 0.6) is 0 Å².